The molecule has 12 heteroatoms. The average Bonchev–Trinajstić information content (AvgIpc) is 3.66. The van der Waals surface area contributed by atoms with Gasteiger partial charge in [0.05, 0.1) is 61.2 Å². The summed E-state index contributed by atoms with van der Waals surface area (Å²) >= 11 is 0. The van der Waals surface area contributed by atoms with E-state index >= 15 is 0 Å². The molecule has 0 unspecified atom stereocenters. The average molecular weight is 589 g/mol. The van der Waals surface area contributed by atoms with Crippen LogP contribution >= 0.6 is 0 Å². The number of morpholine rings is 2. The summed E-state index contributed by atoms with van der Waals surface area (Å²) in [5.41, 5.74) is 4.45. The first-order valence-electron chi connectivity index (χ1n) is 14.2. The van der Waals surface area contributed by atoms with Crippen LogP contribution in [0.5, 0.6) is 0 Å². The second-order valence-corrected chi connectivity index (χ2v) is 12.7. The second kappa shape index (κ2) is 11.1. The third-order valence-electron chi connectivity index (χ3n) is 8.10. The molecule has 0 atom stereocenters. The molecular weight excluding hydrogens is 556 g/mol. The Morgan fingerprint density at radius 2 is 1.64 bits per heavy atom. The molecule has 7 rings (SSSR count). The summed E-state index contributed by atoms with van der Waals surface area (Å²) in [5, 5.41) is 9.39. The van der Waals surface area contributed by atoms with Crippen molar-refractivity contribution < 1.29 is 22.7 Å². The fourth-order valence-corrected chi connectivity index (χ4v) is 7.46. The summed E-state index contributed by atoms with van der Waals surface area (Å²) in [6, 6.07) is 14.8. The van der Waals surface area contributed by atoms with E-state index in [0.717, 1.165) is 56.2 Å². The maximum Gasteiger partial charge on any atom is 0.274 e. The Bertz CT molecular complexity index is 1730. The Balaban J connectivity index is 1.26. The summed E-state index contributed by atoms with van der Waals surface area (Å²) in [6.45, 7) is 6.86. The number of rotatable bonds is 6. The highest BCUT2D eigenvalue weighted by molar-refractivity contribution is 7.90. The molecule has 0 saturated carbocycles. The monoisotopic (exact) mass is 588 g/mol. The van der Waals surface area contributed by atoms with Gasteiger partial charge in [0.2, 0.25) is 0 Å². The quantitative estimate of drug-likeness (QED) is 0.338. The molecule has 2 fully saturated rings. The van der Waals surface area contributed by atoms with Crippen molar-refractivity contribution in [2.45, 2.75) is 17.2 Å². The van der Waals surface area contributed by atoms with Crippen LogP contribution in [0.25, 0.3) is 28.1 Å². The zero-order valence-corrected chi connectivity index (χ0v) is 24.0. The lowest BCUT2D eigenvalue weighted by atomic mass is 10.0. The molecule has 1 amide bonds. The molecule has 2 aromatic carbocycles. The Kier molecular flexibility index (Phi) is 7.14. The van der Waals surface area contributed by atoms with Crippen molar-refractivity contribution in [1.82, 2.24) is 29.4 Å². The first-order chi connectivity index (χ1) is 20.5. The second-order valence-electron chi connectivity index (χ2n) is 10.7. The predicted molar refractivity (Wildman–Crippen MR) is 155 cm³/mol. The van der Waals surface area contributed by atoms with Gasteiger partial charge in [0.1, 0.15) is 0 Å². The van der Waals surface area contributed by atoms with E-state index in [0.29, 0.717) is 43.1 Å². The van der Waals surface area contributed by atoms with Crippen molar-refractivity contribution in [2.75, 3.05) is 59.2 Å². The topological polar surface area (TPSA) is 112 Å². The standard InChI is InChI=1S/C30H32N6O5S/c37-30(34-12-16-41-17-13-34)28-26-21-42(38,39)27-7-2-1-6-25(27)29(26)36(32-28)24-5-3-4-22(18-24)23-19-31-35(20-23)9-8-33-10-14-40-15-11-33/h1-7,18-20H,8-17,21H2. The highest BCUT2D eigenvalue weighted by atomic mass is 32.2. The van der Waals surface area contributed by atoms with Crippen LogP contribution in [0.3, 0.4) is 0 Å². The van der Waals surface area contributed by atoms with Crippen LogP contribution in [0.2, 0.25) is 0 Å². The maximum atomic E-state index is 13.7. The minimum atomic E-state index is -3.64. The Labute approximate surface area is 244 Å². The molecule has 0 bridgehead atoms. The summed E-state index contributed by atoms with van der Waals surface area (Å²) in [7, 11) is -3.64. The fourth-order valence-electron chi connectivity index (χ4n) is 5.86. The maximum absolute atomic E-state index is 13.7. The van der Waals surface area contributed by atoms with Gasteiger partial charge in [-0.05, 0) is 23.8 Å². The molecule has 11 nitrogen and oxygen atoms in total. The number of aromatic nitrogens is 4. The number of sulfone groups is 1. The molecule has 3 aliphatic heterocycles. The number of fused-ring (bicyclic) bond motifs is 3. The first-order valence-corrected chi connectivity index (χ1v) is 15.9. The number of ether oxygens (including phenoxy) is 2. The minimum absolute atomic E-state index is 0.173. The van der Waals surface area contributed by atoms with Crippen molar-refractivity contribution in [3.8, 4) is 28.1 Å². The van der Waals surface area contributed by atoms with E-state index in [-0.39, 0.29) is 22.2 Å². The van der Waals surface area contributed by atoms with Gasteiger partial charge >= 0.3 is 0 Å². The SMILES string of the molecule is O=C(c1nn(-c2cccc(-c3cnn(CCN4CCOCC4)c3)c2)c2c1CS(=O)(=O)c1ccccc1-2)N1CCOCC1. The van der Waals surface area contributed by atoms with E-state index in [4.69, 9.17) is 14.6 Å². The number of hydrogen-bond acceptors (Lipinski definition) is 8. The van der Waals surface area contributed by atoms with Crippen LogP contribution in [0.1, 0.15) is 16.1 Å². The van der Waals surface area contributed by atoms with Crippen molar-refractivity contribution in [1.29, 1.82) is 0 Å². The van der Waals surface area contributed by atoms with Crippen LogP contribution in [-0.4, -0.2) is 103 Å². The van der Waals surface area contributed by atoms with Crippen LogP contribution in [0.4, 0.5) is 0 Å². The van der Waals surface area contributed by atoms with Crippen molar-refractivity contribution >= 4 is 15.7 Å². The fraction of sp³-hybridized carbons (Fsp3) is 0.367. The molecular formula is C30H32N6O5S. The smallest absolute Gasteiger partial charge is 0.274 e. The van der Waals surface area contributed by atoms with E-state index in [1.54, 1.807) is 27.8 Å². The molecule has 0 N–H and O–H groups in total. The highest BCUT2D eigenvalue weighted by Gasteiger charge is 2.37. The van der Waals surface area contributed by atoms with Gasteiger partial charge in [0.15, 0.2) is 15.5 Å². The largest absolute Gasteiger partial charge is 0.379 e. The number of amides is 1. The summed E-state index contributed by atoms with van der Waals surface area (Å²) < 4.78 is 41.2. The molecule has 4 aromatic rings. The van der Waals surface area contributed by atoms with Gasteiger partial charge in [0, 0.05) is 55.6 Å². The van der Waals surface area contributed by atoms with Crippen molar-refractivity contribution in [3.05, 3.63) is 72.2 Å². The summed E-state index contributed by atoms with van der Waals surface area (Å²) in [5.74, 6) is -0.555. The molecule has 5 heterocycles. The van der Waals surface area contributed by atoms with Crippen LogP contribution < -0.4 is 0 Å². The predicted octanol–water partition coefficient (Wildman–Crippen LogP) is 2.49. The van der Waals surface area contributed by atoms with Gasteiger partial charge < -0.3 is 14.4 Å². The molecule has 3 aliphatic rings. The van der Waals surface area contributed by atoms with Gasteiger partial charge in [-0.1, -0.05) is 30.3 Å². The Morgan fingerprint density at radius 3 is 2.45 bits per heavy atom. The lowest BCUT2D eigenvalue weighted by molar-refractivity contribution is 0.0298. The van der Waals surface area contributed by atoms with E-state index in [1.807, 2.05) is 47.4 Å². The minimum Gasteiger partial charge on any atom is -0.379 e. The zero-order valence-electron chi connectivity index (χ0n) is 23.2. The highest BCUT2D eigenvalue weighted by Crippen LogP contribution is 2.41. The summed E-state index contributed by atoms with van der Waals surface area (Å²) in [4.78, 5) is 18.0. The molecule has 42 heavy (non-hydrogen) atoms. The Morgan fingerprint density at radius 1 is 0.881 bits per heavy atom. The summed E-state index contributed by atoms with van der Waals surface area (Å²) in [6.07, 6.45) is 3.89. The number of carbonyl (C=O) groups excluding carboxylic acids is 1. The third kappa shape index (κ3) is 5.04. The van der Waals surface area contributed by atoms with Gasteiger partial charge in [-0.25, -0.2) is 13.1 Å². The first kappa shape index (κ1) is 27.0. The molecule has 2 aromatic heterocycles. The molecule has 0 spiro atoms. The number of carbonyl (C=O) groups is 1. The molecule has 0 radical (unpaired) electrons. The normalized spacial score (nSPS) is 18.4. The zero-order chi connectivity index (χ0) is 28.7. The van der Waals surface area contributed by atoms with Gasteiger partial charge in [-0.15, -0.1) is 0 Å². The van der Waals surface area contributed by atoms with Crippen LogP contribution in [-0.2, 0) is 31.6 Å². The van der Waals surface area contributed by atoms with Gasteiger partial charge in [-0.2, -0.15) is 10.2 Å². The van der Waals surface area contributed by atoms with E-state index in [9.17, 15) is 13.2 Å². The molecule has 2 saturated heterocycles. The van der Waals surface area contributed by atoms with Crippen LogP contribution in [0, 0.1) is 0 Å². The van der Waals surface area contributed by atoms with E-state index in [1.165, 1.54) is 0 Å². The van der Waals surface area contributed by atoms with Gasteiger partial charge in [-0.3, -0.25) is 14.4 Å². The van der Waals surface area contributed by atoms with Gasteiger partial charge in [0.25, 0.3) is 5.91 Å². The number of hydrogen-bond donors (Lipinski definition) is 0. The third-order valence-corrected chi connectivity index (χ3v) is 9.80. The van der Waals surface area contributed by atoms with Crippen molar-refractivity contribution in [3.63, 3.8) is 0 Å². The van der Waals surface area contributed by atoms with E-state index in [2.05, 4.69) is 10.00 Å². The number of benzene rings is 2. The number of nitrogens with zero attached hydrogens (tertiary/aromatic N) is 6. The Hall–Kier alpha value is -3.84. The van der Waals surface area contributed by atoms with Crippen LogP contribution in [0.15, 0.2) is 65.8 Å². The molecule has 0 aliphatic carbocycles. The van der Waals surface area contributed by atoms with Crippen molar-refractivity contribution in [2.24, 2.45) is 0 Å². The lowest BCUT2D eigenvalue weighted by Crippen LogP contribution is -2.41. The lowest BCUT2D eigenvalue weighted by Gasteiger charge is -2.26. The molecule has 218 valence electrons. The van der Waals surface area contributed by atoms with E-state index < -0.39 is 9.84 Å².